The lowest BCUT2D eigenvalue weighted by Gasteiger charge is -2.41. The normalized spacial score (nSPS) is 23.0. The maximum absolute atomic E-state index is 10.0. The number of nitrogens with zero attached hydrogens (tertiary/aromatic N) is 1. The summed E-state index contributed by atoms with van der Waals surface area (Å²) in [5.74, 6) is 0. The van der Waals surface area contributed by atoms with Crippen molar-refractivity contribution in [3.05, 3.63) is 34.9 Å². The molecule has 2 rings (SSSR count). The summed E-state index contributed by atoms with van der Waals surface area (Å²) in [7, 11) is 0. The van der Waals surface area contributed by atoms with E-state index < -0.39 is 5.60 Å². The van der Waals surface area contributed by atoms with Crippen molar-refractivity contribution in [2.75, 3.05) is 13.1 Å². The van der Waals surface area contributed by atoms with Crippen LogP contribution in [-0.4, -0.2) is 34.7 Å². The van der Waals surface area contributed by atoms with Gasteiger partial charge in [-0.2, -0.15) is 0 Å². The third-order valence-corrected chi connectivity index (χ3v) is 4.19. The van der Waals surface area contributed by atoms with Gasteiger partial charge in [-0.25, -0.2) is 0 Å². The summed E-state index contributed by atoms with van der Waals surface area (Å²) in [6, 6.07) is 8.10. The van der Waals surface area contributed by atoms with Gasteiger partial charge in [0.1, 0.15) is 0 Å². The summed E-state index contributed by atoms with van der Waals surface area (Å²) in [6.45, 7) is 5.67. The number of hydrogen-bond donors (Lipinski definition) is 2. The zero-order valence-corrected chi connectivity index (χ0v) is 12.4. The van der Waals surface area contributed by atoms with Gasteiger partial charge in [0, 0.05) is 30.2 Å². The van der Waals surface area contributed by atoms with Crippen LogP contribution in [0.3, 0.4) is 0 Å². The Hall–Kier alpha value is -0.610. The smallest absolute Gasteiger partial charge is 0.0644 e. The van der Waals surface area contributed by atoms with Crippen molar-refractivity contribution in [1.82, 2.24) is 4.90 Å². The van der Waals surface area contributed by atoms with Gasteiger partial charge in [0.05, 0.1) is 5.60 Å². The number of nitrogens with two attached hydrogens (primary N) is 1. The Morgan fingerprint density at radius 2 is 2.00 bits per heavy atom. The predicted octanol–water partition coefficient (Wildman–Crippen LogP) is 2.58. The van der Waals surface area contributed by atoms with Crippen LogP contribution in [0.2, 0.25) is 5.02 Å². The summed E-state index contributed by atoms with van der Waals surface area (Å²) in [4.78, 5) is 2.36. The lowest BCUT2D eigenvalue weighted by atomic mass is 9.90. The zero-order valence-electron chi connectivity index (χ0n) is 11.6. The Labute approximate surface area is 120 Å². The predicted molar refractivity (Wildman–Crippen MR) is 79.3 cm³/mol. The van der Waals surface area contributed by atoms with Gasteiger partial charge >= 0.3 is 0 Å². The molecule has 1 aliphatic heterocycles. The molecule has 1 aromatic carbocycles. The van der Waals surface area contributed by atoms with Gasteiger partial charge in [0.15, 0.2) is 0 Å². The highest BCUT2D eigenvalue weighted by molar-refractivity contribution is 6.30. The van der Waals surface area contributed by atoms with Crippen molar-refractivity contribution in [3.63, 3.8) is 0 Å². The van der Waals surface area contributed by atoms with Gasteiger partial charge < -0.3 is 10.8 Å². The molecule has 3 N–H and O–H groups in total. The van der Waals surface area contributed by atoms with E-state index in [1.165, 1.54) is 0 Å². The highest BCUT2D eigenvalue weighted by Crippen LogP contribution is 2.31. The molecule has 0 bridgehead atoms. The minimum absolute atomic E-state index is 0.0292. The van der Waals surface area contributed by atoms with Crippen LogP contribution in [-0.2, 0) is 0 Å². The maximum Gasteiger partial charge on any atom is 0.0644 e. The Balaban J connectivity index is 2.18. The minimum Gasteiger partial charge on any atom is -0.390 e. The van der Waals surface area contributed by atoms with Crippen LogP contribution < -0.4 is 5.73 Å². The Kier molecular flexibility index (Phi) is 4.51. The first-order valence-electron chi connectivity index (χ1n) is 6.86. The first-order valence-corrected chi connectivity index (χ1v) is 7.24. The Morgan fingerprint density at radius 3 is 2.53 bits per heavy atom. The van der Waals surface area contributed by atoms with Crippen molar-refractivity contribution in [3.8, 4) is 0 Å². The molecule has 0 aliphatic carbocycles. The highest BCUT2D eigenvalue weighted by Gasteiger charge is 2.32. The summed E-state index contributed by atoms with van der Waals surface area (Å²) in [6.07, 6.45) is 1.58. The van der Waals surface area contributed by atoms with E-state index in [1.54, 1.807) is 0 Å². The third-order valence-electron chi connectivity index (χ3n) is 3.96. The molecule has 0 saturated carbocycles. The van der Waals surface area contributed by atoms with Crippen LogP contribution in [0.25, 0.3) is 0 Å². The van der Waals surface area contributed by atoms with E-state index >= 15 is 0 Å². The van der Waals surface area contributed by atoms with Crippen molar-refractivity contribution in [2.45, 2.75) is 44.4 Å². The van der Waals surface area contributed by atoms with Crippen LogP contribution in [0.5, 0.6) is 0 Å². The monoisotopic (exact) mass is 282 g/mol. The van der Waals surface area contributed by atoms with E-state index in [9.17, 15) is 5.11 Å². The topological polar surface area (TPSA) is 49.5 Å². The fourth-order valence-corrected chi connectivity index (χ4v) is 3.02. The second-order valence-corrected chi connectivity index (χ2v) is 6.33. The number of likely N-dealkylation sites (tertiary alicyclic amines) is 1. The van der Waals surface area contributed by atoms with E-state index in [2.05, 4.69) is 11.0 Å². The quantitative estimate of drug-likeness (QED) is 0.896. The lowest BCUT2D eigenvalue weighted by molar-refractivity contribution is -0.0194. The molecule has 1 fully saturated rings. The van der Waals surface area contributed by atoms with Gasteiger partial charge in [0.2, 0.25) is 0 Å². The molecule has 2 unspecified atom stereocenters. The number of halogens is 1. The summed E-state index contributed by atoms with van der Waals surface area (Å²) in [5, 5.41) is 10.8. The van der Waals surface area contributed by atoms with Crippen LogP contribution in [0.4, 0.5) is 0 Å². The number of aliphatic hydroxyl groups is 1. The summed E-state index contributed by atoms with van der Waals surface area (Å²) < 4.78 is 0. The van der Waals surface area contributed by atoms with E-state index in [-0.39, 0.29) is 12.1 Å². The molecule has 19 heavy (non-hydrogen) atoms. The molecular weight excluding hydrogens is 260 g/mol. The van der Waals surface area contributed by atoms with Crippen LogP contribution in [0.15, 0.2) is 24.3 Å². The summed E-state index contributed by atoms with van der Waals surface area (Å²) >= 11 is 6.08. The molecule has 4 heteroatoms. The first kappa shape index (κ1) is 14.8. The molecule has 0 amide bonds. The van der Waals surface area contributed by atoms with E-state index in [4.69, 9.17) is 17.3 Å². The molecule has 1 aromatic rings. The van der Waals surface area contributed by atoms with Crippen molar-refractivity contribution in [2.24, 2.45) is 5.73 Å². The van der Waals surface area contributed by atoms with Gasteiger partial charge in [0.25, 0.3) is 0 Å². The Bertz CT molecular complexity index is 424. The molecule has 106 valence electrons. The molecule has 2 atom stereocenters. The zero-order chi connectivity index (χ0) is 14.0. The molecule has 1 saturated heterocycles. The number of rotatable bonds is 3. The van der Waals surface area contributed by atoms with Crippen LogP contribution in [0, 0.1) is 0 Å². The molecule has 0 spiro atoms. The number of hydrogen-bond acceptors (Lipinski definition) is 3. The van der Waals surface area contributed by atoms with Crippen molar-refractivity contribution >= 4 is 11.6 Å². The average molecular weight is 283 g/mol. The fourth-order valence-electron chi connectivity index (χ4n) is 2.82. The van der Waals surface area contributed by atoms with Gasteiger partial charge in [-0.15, -0.1) is 0 Å². The van der Waals surface area contributed by atoms with Crippen molar-refractivity contribution in [1.29, 1.82) is 0 Å². The molecular formula is C15H23ClN2O. The minimum atomic E-state index is -0.535. The first-order chi connectivity index (χ1) is 8.89. The highest BCUT2D eigenvalue weighted by atomic mass is 35.5. The number of piperidine rings is 1. The average Bonchev–Trinajstić information content (AvgIpc) is 2.31. The van der Waals surface area contributed by atoms with Gasteiger partial charge in [-0.05, 0) is 44.4 Å². The molecule has 0 radical (unpaired) electrons. The molecule has 1 heterocycles. The molecule has 1 aliphatic rings. The largest absolute Gasteiger partial charge is 0.390 e. The van der Waals surface area contributed by atoms with Crippen molar-refractivity contribution < 1.29 is 5.11 Å². The molecule has 3 nitrogen and oxygen atoms in total. The standard InChI is InChI=1S/C15H23ClN2O/c1-11(17)14(12-4-3-5-13(16)10-12)18-8-6-15(2,19)7-9-18/h3-5,10-11,14,19H,6-9,17H2,1-2H3. The van der Waals surface area contributed by atoms with E-state index in [1.807, 2.05) is 32.0 Å². The summed E-state index contributed by atoms with van der Waals surface area (Å²) in [5.41, 5.74) is 6.79. The Morgan fingerprint density at radius 1 is 1.37 bits per heavy atom. The fraction of sp³-hybridized carbons (Fsp3) is 0.600. The van der Waals surface area contributed by atoms with E-state index in [0.29, 0.717) is 0 Å². The SMILES string of the molecule is CC(N)C(c1cccc(Cl)c1)N1CCC(C)(O)CC1. The van der Waals surface area contributed by atoms with Crippen LogP contribution in [0.1, 0.15) is 38.3 Å². The van der Waals surface area contributed by atoms with Crippen LogP contribution >= 0.6 is 11.6 Å². The van der Waals surface area contributed by atoms with E-state index in [0.717, 1.165) is 36.5 Å². The maximum atomic E-state index is 10.0. The second kappa shape index (κ2) is 5.80. The number of benzene rings is 1. The molecule has 0 aromatic heterocycles. The van der Waals surface area contributed by atoms with Gasteiger partial charge in [-0.3, -0.25) is 4.90 Å². The lowest BCUT2D eigenvalue weighted by Crippen LogP contribution is -2.48. The van der Waals surface area contributed by atoms with Gasteiger partial charge in [-0.1, -0.05) is 23.7 Å². The third kappa shape index (κ3) is 3.69. The second-order valence-electron chi connectivity index (χ2n) is 5.89.